The summed E-state index contributed by atoms with van der Waals surface area (Å²) in [5.74, 6) is -1.12. The van der Waals surface area contributed by atoms with Crippen LogP contribution in [0.5, 0.6) is 0 Å². The fourth-order valence-electron chi connectivity index (χ4n) is 1.40. The molecule has 1 rings (SSSR count). The number of hydrogen-bond donors (Lipinski definition) is 2. The van der Waals surface area contributed by atoms with Crippen molar-refractivity contribution in [1.82, 2.24) is 9.71 Å². The van der Waals surface area contributed by atoms with Gasteiger partial charge in [-0.1, -0.05) is 0 Å². The van der Waals surface area contributed by atoms with Gasteiger partial charge in [0.2, 0.25) is 10.0 Å². The number of rotatable bonds is 5. The number of carboxylic acids is 1. The molecule has 0 atom stereocenters. The summed E-state index contributed by atoms with van der Waals surface area (Å²) in [4.78, 5) is 14.9. The lowest BCUT2D eigenvalue weighted by molar-refractivity contribution is -0.150. The summed E-state index contributed by atoms with van der Waals surface area (Å²) >= 11 is 0. The van der Waals surface area contributed by atoms with Crippen molar-refractivity contribution in [2.75, 3.05) is 0 Å². The van der Waals surface area contributed by atoms with Crippen molar-refractivity contribution in [3.8, 4) is 6.07 Å². The SMILES string of the molecule is CC(C)(NS(=O)(=O)c1ccc(C#N)nc1)C(C)(C)C(=O)O. The second kappa shape index (κ2) is 5.42. The molecule has 0 aliphatic heterocycles. The van der Waals surface area contributed by atoms with E-state index < -0.39 is 26.9 Å². The predicted octanol–water partition coefficient (Wildman–Crippen LogP) is 1.12. The van der Waals surface area contributed by atoms with E-state index in [-0.39, 0.29) is 10.6 Å². The molecule has 0 unspecified atom stereocenters. The third-order valence-electron chi connectivity index (χ3n) is 3.65. The molecule has 114 valence electrons. The van der Waals surface area contributed by atoms with Crippen LogP contribution in [0.25, 0.3) is 0 Å². The monoisotopic (exact) mass is 311 g/mol. The topological polar surface area (TPSA) is 120 Å². The van der Waals surface area contributed by atoms with Gasteiger partial charge in [-0.15, -0.1) is 0 Å². The second-order valence-electron chi connectivity index (χ2n) is 5.65. The summed E-state index contributed by atoms with van der Waals surface area (Å²) in [5, 5.41) is 17.9. The lowest BCUT2D eigenvalue weighted by atomic mass is 9.75. The lowest BCUT2D eigenvalue weighted by Crippen LogP contribution is -2.56. The van der Waals surface area contributed by atoms with E-state index in [2.05, 4.69) is 9.71 Å². The van der Waals surface area contributed by atoms with Crippen molar-refractivity contribution in [2.24, 2.45) is 5.41 Å². The van der Waals surface area contributed by atoms with Gasteiger partial charge in [0.1, 0.15) is 16.7 Å². The molecule has 1 aromatic rings. The Morgan fingerprint density at radius 1 is 1.33 bits per heavy atom. The van der Waals surface area contributed by atoms with Gasteiger partial charge in [0.05, 0.1) is 5.41 Å². The van der Waals surface area contributed by atoms with E-state index >= 15 is 0 Å². The van der Waals surface area contributed by atoms with E-state index in [1.807, 2.05) is 0 Å². The van der Waals surface area contributed by atoms with Crippen molar-refractivity contribution in [3.63, 3.8) is 0 Å². The third kappa shape index (κ3) is 3.37. The molecule has 1 heterocycles. The van der Waals surface area contributed by atoms with Crippen LogP contribution in [-0.2, 0) is 14.8 Å². The number of pyridine rings is 1. The average molecular weight is 311 g/mol. The number of carboxylic acid groups (broad SMARTS) is 1. The molecule has 0 amide bonds. The van der Waals surface area contributed by atoms with E-state index in [9.17, 15) is 18.3 Å². The molecule has 2 N–H and O–H groups in total. The molecule has 0 radical (unpaired) electrons. The zero-order valence-corrected chi connectivity index (χ0v) is 13.0. The smallest absolute Gasteiger partial charge is 0.310 e. The number of aliphatic carboxylic acids is 1. The fourth-order valence-corrected chi connectivity index (χ4v) is 2.88. The highest BCUT2D eigenvalue weighted by Crippen LogP contribution is 2.32. The summed E-state index contributed by atoms with van der Waals surface area (Å²) in [7, 11) is -3.94. The largest absolute Gasteiger partial charge is 0.481 e. The first-order valence-electron chi connectivity index (χ1n) is 6.07. The van der Waals surface area contributed by atoms with Gasteiger partial charge in [0.25, 0.3) is 0 Å². The Bertz CT molecular complexity index is 685. The van der Waals surface area contributed by atoms with Gasteiger partial charge in [-0.05, 0) is 39.8 Å². The standard InChI is InChI=1S/C13H17N3O4S/c1-12(2,11(17)18)13(3,4)16-21(19,20)10-6-5-9(7-14)15-8-10/h5-6,8,16H,1-4H3,(H,17,18). The average Bonchev–Trinajstić information content (AvgIpc) is 2.37. The molecule has 21 heavy (non-hydrogen) atoms. The minimum atomic E-state index is -3.94. The van der Waals surface area contributed by atoms with Gasteiger partial charge in [-0.2, -0.15) is 5.26 Å². The first-order valence-corrected chi connectivity index (χ1v) is 7.56. The highest BCUT2D eigenvalue weighted by atomic mass is 32.2. The van der Waals surface area contributed by atoms with Crippen LogP contribution in [0.1, 0.15) is 33.4 Å². The van der Waals surface area contributed by atoms with Crippen LogP contribution in [0.15, 0.2) is 23.2 Å². The quantitative estimate of drug-likeness (QED) is 0.840. The lowest BCUT2D eigenvalue weighted by Gasteiger charge is -2.38. The Hall–Kier alpha value is -1.98. The van der Waals surface area contributed by atoms with Crippen LogP contribution >= 0.6 is 0 Å². The number of aromatic nitrogens is 1. The normalized spacial score (nSPS) is 12.7. The molecule has 0 fully saturated rings. The van der Waals surface area contributed by atoms with Gasteiger partial charge < -0.3 is 5.11 Å². The van der Waals surface area contributed by atoms with Crippen molar-refractivity contribution in [3.05, 3.63) is 24.0 Å². The van der Waals surface area contributed by atoms with Crippen LogP contribution in [0, 0.1) is 16.7 Å². The molecule has 1 aromatic heterocycles. The molecule has 8 heteroatoms. The van der Waals surface area contributed by atoms with Gasteiger partial charge in [-0.3, -0.25) is 4.79 Å². The maximum absolute atomic E-state index is 12.3. The predicted molar refractivity (Wildman–Crippen MR) is 74.8 cm³/mol. The molecule has 0 aliphatic rings. The second-order valence-corrected chi connectivity index (χ2v) is 7.33. The summed E-state index contributed by atoms with van der Waals surface area (Å²) in [6.07, 6.45) is 1.06. The van der Waals surface area contributed by atoms with E-state index in [1.165, 1.54) is 39.8 Å². The summed E-state index contributed by atoms with van der Waals surface area (Å²) in [6, 6.07) is 4.32. The van der Waals surface area contributed by atoms with E-state index in [0.29, 0.717) is 0 Å². The zero-order valence-electron chi connectivity index (χ0n) is 12.2. The third-order valence-corrected chi connectivity index (χ3v) is 5.29. The van der Waals surface area contributed by atoms with Gasteiger partial charge in [-0.25, -0.2) is 18.1 Å². The van der Waals surface area contributed by atoms with Crippen molar-refractivity contribution in [1.29, 1.82) is 5.26 Å². The van der Waals surface area contributed by atoms with Crippen molar-refractivity contribution in [2.45, 2.75) is 38.1 Å². The minimum Gasteiger partial charge on any atom is -0.481 e. The number of hydrogen-bond acceptors (Lipinski definition) is 5. The maximum atomic E-state index is 12.3. The van der Waals surface area contributed by atoms with Crippen LogP contribution in [0.2, 0.25) is 0 Å². The number of sulfonamides is 1. The minimum absolute atomic E-state index is 0.0964. The van der Waals surface area contributed by atoms with E-state index in [4.69, 9.17) is 5.26 Å². The zero-order chi connectivity index (χ0) is 16.5. The van der Waals surface area contributed by atoms with Crippen LogP contribution in [0.4, 0.5) is 0 Å². The van der Waals surface area contributed by atoms with Crippen LogP contribution < -0.4 is 4.72 Å². The van der Waals surface area contributed by atoms with Gasteiger partial charge in [0.15, 0.2) is 0 Å². The Balaban J connectivity index is 3.15. The number of nitrogens with zero attached hydrogens (tertiary/aromatic N) is 2. The molecule has 0 spiro atoms. The fraction of sp³-hybridized carbons (Fsp3) is 0.462. The summed E-state index contributed by atoms with van der Waals surface area (Å²) < 4.78 is 27.0. The number of carbonyl (C=O) groups is 1. The highest BCUT2D eigenvalue weighted by Gasteiger charge is 2.45. The molecule has 7 nitrogen and oxygen atoms in total. The molecule has 0 bridgehead atoms. The Labute approximate surface area is 123 Å². The Morgan fingerprint density at radius 3 is 2.29 bits per heavy atom. The molecule has 0 saturated heterocycles. The molecular weight excluding hydrogens is 294 g/mol. The summed E-state index contributed by atoms with van der Waals surface area (Å²) in [5.41, 5.74) is -2.45. The summed E-state index contributed by atoms with van der Waals surface area (Å²) in [6.45, 7) is 5.87. The van der Waals surface area contributed by atoms with E-state index in [0.717, 1.165) is 6.20 Å². The highest BCUT2D eigenvalue weighted by molar-refractivity contribution is 7.89. The van der Waals surface area contributed by atoms with Gasteiger partial charge in [0, 0.05) is 11.7 Å². The molecule has 0 aliphatic carbocycles. The van der Waals surface area contributed by atoms with Crippen molar-refractivity contribution < 1.29 is 18.3 Å². The first kappa shape index (κ1) is 17.1. The number of nitriles is 1. The van der Waals surface area contributed by atoms with Gasteiger partial charge >= 0.3 is 5.97 Å². The van der Waals surface area contributed by atoms with Crippen LogP contribution in [0.3, 0.4) is 0 Å². The number of nitrogens with one attached hydrogen (secondary N) is 1. The Morgan fingerprint density at radius 2 is 1.90 bits per heavy atom. The maximum Gasteiger partial charge on any atom is 0.310 e. The molecule has 0 saturated carbocycles. The van der Waals surface area contributed by atoms with E-state index in [1.54, 1.807) is 6.07 Å². The van der Waals surface area contributed by atoms with Crippen molar-refractivity contribution >= 4 is 16.0 Å². The molecule has 0 aromatic carbocycles. The first-order chi connectivity index (χ1) is 9.44. The molecular formula is C13H17N3O4S. The Kier molecular flexibility index (Phi) is 4.41. The van der Waals surface area contributed by atoms with Crippen LogP contribution in [-0.4, -0.2) is 30.0 Å².